The van der Waals surface area contributed by atoms with E-state index in [1.807, 2.05) is 0 Å². The van der Waals surface area contributed by atoms with Gasteiger partial charge in [-0.05, 0) is 43.9 Å². The smallest absolute Gasteiger partial charge is 0.328 e. The summed E-state index contributed by atoms with van der Waals surface area (Å²) in [6, 6.07) is 6.92. The van der Waals surface area contributed by atoms with E-state index in [2.05, 4.69) is 26.0 Å². The largest absolute Gasteiger partial charge is 0.393 e. The van der Waals surface area contributed by atoms with Crippen molar-refractivity contribution >= 4 is 28.0 Å². The number of aliphatic hydroxyl groups is 1. The maximum Gasteiger partial charge on any atom is 0.328 e. The third-order valence-corrected chi connectivity index (χ3v) is 6.61. The molecule has 174 valence electrons. The van der Waals surface area contributed by atoms with Crippen LogP contribution in [0.2, 0.25) is 0 Å². The Morgan fingerprint density at radius 3 is 2.65 bits per heavy atom. The molecular formula is C22H20F2N8O2. The molecule has 1 saturated carbocycles. The van der Waals surface area contributed by atoms with Crippen molar-refractivity contribution < 1.29 is 13.9 Å². The topological polar surface area (TPSA) is 129 Å². The third kappa shape index (κ3) is 3.23. The van der Waals surface area contributed by atoms with Gasteiger partial charge in [-0.1, -0.05) is 0 Å². The molecule has 2 fully saturated rings. The molecule has 0 spiro atoms. The van der Waals surface area contributed by atoms with Crippen molar-refractivity contribution in [1.82, 2.24) is 29.1 Å². The zero-order valence-corrected chi connectivity index (χ0v) is 17.9. The maximum absolute atomic E-state index is 13.7. The van der Waals surface area contributed by atoms with Gasteiger partial charge >= 0.3 is 5.69 Å². The summed E-state index contributed by atoms with van der Waals surface area (Å²) in [5, 5.41) is 19.2. The van der Waals surface area contributed by atoms with Crippen LogP contribution in [0.15, 0.2) is 29.3 Å². The number of benzene rings is 1. The van der Waals surface area contributed by atoms with Crippen LogP contribution in [0, 0.1) is 11.3 Å². The second-order valence-corrected chi connectivity index (χ2v) is 8.95. The molecule has 4 heterocycles. The monoisotopic (exact) mass is 466 g/mol. The molecule has 1 aromatic carbocycles. The minimum atomic E-state index is -2.83. The number of alkyl halides is 2. The van der Waals surface area contributed by atoms with Crippen molar-refractivity contribution in [3.63, 3.8) is 0 Å². The SMILES string of the molecule is N#Cc1ccc2ncn(-c3nc(N4CC(F)(F)C4)c4[nH]c(=O)n([C@H]5CC[C@H](O)CC5)c4n3)c2c1. The molecule has 2 aliphatic rings. The van der Waals surface area contributed by atoms with Crippen molar-refractivity contribution in [3.8, 4) is 12.0 Å². The number of aromatic amines is 1. The van der Waals surface area contributed by atoms with Crippen molar-refractivity contribution in [2.24, 2.45) is 0 Å². The van der Waals surface area contributed by atoms with E-state index in [9.17, 15) is 23.9 Å². The minimum Gasteiger partial charge on any atom is -0.393 e. The first-order valence-corrected chi connectivity index (χ1v) is 11.0. The number of fused-ring (bicyclic) bond motifs is 2. The van der Waals surface area contributed by atoms with Crippen LogP contribution in [0.1, 0.15) is 37.3 Å². The second-order valence-electron chi connectivity index (χ2n) is 8.95. The molecule has 0 bridgehead atoms. The highest BCUT2D eigenvalue weighted by Crippen LogP contribution is 2.36. The molecular weight excluding hydrogens is 446 g/mol. The van der Waals surface area contributed by atoms with Crippen LogP contribution in [0.5, 0.6) is 0 Å². The second kappa shape index (κ2) is 7.33. The predicted octanol–water partition coefficient (Wildman–Crippen LogP) is 2.26. The Morgan fingerprint density at radius 2 is 1.94 bits per heavy atom. The molecule has 34 heavy (non-hydrogen) atoms. The molecule has 0 atom stereocenters. The summed E-state index contributed by atoms with van der Waals surface area (Å²) in [5.74, 6) is -2.45. The Balaban J connectivity index is 1.56. The number of anilines is 1. The van der Waals surface area contributed by atoms with Crippen molar-refractivity contribution in [2.45, 2.75) is 43.8 Å². The van der Waals surface area contributed by atoms with Crippen molar-refractivity contribution in [2.75, 3.05) is 18.0 Å². The zero-order valence-electron chi connectivity index (χ0n) is 17.9. The fourth-order valence-electron chi connectivity index (χ4n) is 4.87. The molecule has 2 N–H and O–H groups in total. The summed E-state index contributed by atoms with van der Waals surface area (Å²) < 4.78 is 30.6. The zero-order chi connectivity index (χ0) is 23.6. The number of imidazole rings is 2. The van der Waals surface area contributed by atoms with Gasteiger partial charge in [0.2, 0.25) is 5.95 Å². The van der Waals surface area contributed by atoms with Gasteiger partial charge in [0.05, 0.1) is 41.9 Å². The lowest BCUT2D eigenvalue weighted by Gasteiger charge is -2.39. The highest BCUT2D eigenvalue weighted by atomic mass is 19.3. The summed E-state index contributed by atoms with van der Waals surface area (Å²) in [6.45, 7) is -1.02. The number of aromatic nitrogens is 6. The van der Waals surface area contributed by atoms with E-state index in [1.54, 1.807) is 27.3 Å². The first-order chi connectivity index (χ1) is 16.3. The molecule has 6 rings (SSSR count). The number of H-pyrrole nitrogens is 1. The number of nitrogens with zero attached hydrogens (tertiary/aromatic N) is 7. The number of aliphatic hydroxyl groups excluding tert-OH is 1. The number of hydrogen-bond acceptors (Lipinski definition) is 7. The molecule has 1 aliphatic carbocycles. The van der Waals surface area contributed by atoms with E-state index in [1.165, 1.54) is 11.2 Å². The van der Waals surface area contributed by atoms with Gasteiger partial charge in [-0.3, -0.25) is 9.13 Å². The van der Waals surface area contributed by atoms with Crippen molar-refractivity contribution in [1.29, 1.82) is 5.26 Å². The Morgan fingerprint density at radius 1 is 1.18 bits per heavy atom. The molecule has 0 unspecified atom stereocenters. The van der Waals surface area contributed by atoms with Gasteiger partial charge in [-0.2, -0.15) is 15.2 Å². The van der Waals surface area contributed by atoms with Crippen LogP contribution < -0.4 is 10.6 Å². The van der Waals surface area contributed by atoms with Crippen LogP contribution in [-0.4, -0.2) is 59.3 Å². The summed E-state index contributed by atoms with van der Waals surface area (Å²) in [7, 11) is 0. The van der Waals surface area contributed by atoms with Crippen LogP contribution in [0.3, 0.4) is 0 Å². The Kier molecular flexibility index (Phi) is 4.47. The maximum atomic E-state index is 13.7. The highest BCUT2D eigenvalue weighted by molar-refractivity contribution is 5.86. The quantitative estimate of drug-likeness (QED) is 0.474. The van der Waals surface area contributed by atoms with Crippen LogP contribution in [0.4, 0.5) is 14.6 Å². The molecule has 4 aromatic rings. The summed E-state index contributed by atoms with van der Waals surface area (Å²) in [5.41, 5.74) is 1.87. The summed E-state index contributed by atoms with van der Waals surface area (Å²) in [6.07, 6.45) is 3.45. The van der Waals surface area contributed by atoms with Gasteiger partial charge in [0.15, 0.2) is 11.5 Å². The Hall–Kier alpha value is -3.85. The van der Waals surface area contributed by atoms with Crippen LogP contribution >= 0.6 is 0 Å². The van der Waals surface area contributed by atoms with Gasteiger partial charge in [-0.15, -0.1) is 0 Å². The molecule has 3 aromatic heterocycles. The predicted molar refractivity (Wildman–Crippen MR) is 118 cm³/mol. The summed E-state index contributed by atoms with van der Waals surface area (Å²) >= 11 is 0. The van der Waals surface area contributed by atoms with Gasteiger partial charge < -0.3 is 15.0 Å². The molecule has 1 aliphatic heterocycles. The average molecular weight is 466 g/mol. The first-order valence-electron chi connectivity index (χ1n) is 11.0. The number of nitriles is 1. The van der Waals surface area contributed by atoms with Gasteiger partial charge in [0.1, 0.15) is 11.8 Å². The minimum absolute atomic E-state index is 0.166. The lowest BCUT2D eigenvalue weighted by Crippen LogP contribution is -2.56. The fraction of sp³-hybridized carbons (Fsp3) is 0.409. The van der Waals surface area contributed by atoms with Gasteiger partial charge in [-0.25, -0.2) is 18.6 Å². The lowest BCUT2D eigenvalue weighted by atomic mass is 9.93. The van der Waals surface area contributed by atoms with Gasteiger partial charge in [0, 0.05) is 6.04 Å². The molecule has 1 saturated heterocycles. The van der Waals surface area contributed by atoms with E-state index in [0.717, 1.165) is 0 Å². The van der Waals surface area contributed by atoms with Gasteiger partial charge in [0.25, 0.3) is 5.92 Å². The lowest BCUT2D eigenvalue weighted by molar-refractivity contribution is -0.0265. The van der Waals surface area contributed by atoms with E-state index in [-0.39, 0.29) is 17.8 Å². The number of hydrogen-bond donors (Lipinski definition) is 2. The number of nitrogens with one attached hydrogen (secondary N) is 1. The van der Waals surface area contributed by atoms with Crippen LogP contribution in [-0.2, 0) is 0 Å². The van der Waals surface area contributed by atoms with E-state index in [4.69, 9.17) is 0 Å². The molecule has 10 nitrogen and oxygen atoms in total. The Labute approximate surface area is 191 Å². The van der Waals surface area contributed by atoms with E-state index >= 15 is 0 Å². The average Bonchev–Trinajstić information content (AvgIpc) is 3.37. The van der Waals surface area contributed by atoms with Crippen molar-refractivity contribution in [3.05, 3.63) is 40.6 Å². The van der Waals surface area contributed by atoms with E-state index < -0.39 is 30.8 Å². The first kappa shape index (κ1) is 20.7. The number of rotatable bonds is 3. The molecule has 0 radical (unpaired) electrons. The fourth-order valence-corrected chi connectivity index (χ4v) is 4.87. The highest BCUT2D eigenvalue weighted by Gasteiger charge is 2.45. The Bertz CT molecular complexity index is 1520. The van der Waals surface area contributed by atoms with Crippen LogP contribution in [0.25, 0.3) is 28.1 Å². The molecule has 12 heteroatoms. The standard InChI is InChI=1S/C22H20F2N8O2/c23-22(24)9-30(10-22)18-17-19(32(21(34)27-17)13-2-4-14(33)5-3-13)29-20(28-18)31-11-26-15-6-1-12(8-25)7-16(15)31/h1,6-7,11,13-14,33H,2-5,9-10H2,(H,27,34)/t13-,14-. The molecule has 0 amide bonds. The third-order valence-electron chi connectivity index (χ3n) is 6.61. The number of halogens is 2. The van der Waals surface area contributed by atoms with E-state index in [0.29, 0.717) is 53.4 Å². The summed E-state index contributed by atoms with van der Waals surface area (Å²) in [4.78, 5) is 30.7. The normalized spacial score (nSPS) is 22.1.